The number of thiol groups is 2. The van der Waals surface area contributed by atoms with E-state index in [1.54, 1.807) is 7.11 Å². The first-order valence-corrected chi connectivity index (χ1v) is 10.9. The van der Waals surface area contributed by atoms with Crippen LogP contribution >= 0.6 is 29.7 Å². The number of morpholine rings is 1. The Labute approximate surface area is 119 Å². The van der Waals surface area contributed by atoms with Crippen LogP contribution in [0.25, 0.3) is 0 Å². The monoisotopic (exact) mass is 305 g/mol. The van der Waals surface area contributed by atoms with Crippen molar-refractivity contribution in [3.05, 3.63) is 24.3 Å². The molecule has 0 saturated carbocycles. The fourth-order valence-electron chi connectivity index (χ4n) is 2.13. The second-order valence-electron chi connectivity index (χ2n) is 4.66. The van der Waals surface area contributed by atoms with E-state index in [2.05, 4.69) is 23.5 Å². The molecule has 0 radical (unpaired) electrons. The molecule has 1 aromatic carbocycles. The van der Waals surface area contributed by atoms with Gasteiger partial charge >= 0.3 is 119 Å². The van der Waals surface area contributed by atoms with E-state index < -0.39 is 5.16 Å². The number of benzene rings is 1. The van der Waals surface area contributed by atoms with Gasteiger partial charge < -0.3 is 0 Å². The van der Waals surface area contributed by atoms with Crippen LogP contribution in [-0.4, -0.2) is 44.7 Å². The van der Waals surface area contributed by atoms with Crippen molar-refractivity contribution in [2.75, 3.05) is 40.1 Å². The number of nitrogens with zero attached hydrogens (tertiary/aromatic N) is 1. The average Bonchev–Trinajstić information content (AvgIpc) is 2.39. The summed E-state index contributed by atoms with van der Waals surface area (Å²) >= 11 is 9.93. The van der Waals surface area contributed by atoms with Crippen LogP contribution in [0.5, 0.6) is 5.75 Å². The Morgan fingerprint density at radius 1 is 1.17 bits per heavy atom. The van der Waals surface area contributed by atoms with Gasteiger partial charge in [0.1, 0.15) is 0 Å². The van der Waals surface area contributed by atoms with E-state index in [0.717, 1.165) is 37.4 Å². The van der Waals surface area contributed by atoms with Gasteiger partial charge in [0.15, 0.2) is 0 Å². The molecule has 0 spiro atoms. The predicted octanol–water partition coefficient (Wildman–Crippen LogP) is 2.44. The maximum absolute atomic E-state index is 5.40. The Morgan fingerprint density at radius 2 is 1.72 bits per heavy atom. The van der Waals surface area contributed by atoms with E-state index >= 15 is 0 Å². The molecular formula is C12H20NO2PS2. The summed E-state index contributed by atoms with van der Waals surface area (Å²) in [6.45, 7) is 5.41. The van der Waals surface area contributed by atoms with E-state index in [1.807, 2.05) is 12.1 Å². The number of hydrogen-bond donors (Lipinski definition) is 2. The van der Waals surface area contributed by atoms with Crippen LogP contribution in [0.4, 0.5) is 0 Å². The molecule has 3 nitrogen and oxygen atoms in total. The summed E-state index contributed by atoms with van der Waals surface area (Å²) in [6.07, 6.45) is 0. The Hall–Kier alpha value is 0.0700. The van der Waals surface area contributed by atoms with Crippen molar-refractivity contribution in [3.63, 3.8) is 0 Å². The molecule has 0 aromatic heterocycles. The third kappa shape index (κ3) is 2.81. The van der Waals surface area contributed by atoms with Gasteiger partial charge in [-0.2, -0.15) is 0 Å². The zero-order valence-electron chi connectivity index (χ0n) is 10.7. The van der Waals surface area contributed by atoms with Gasteiger partial charge in [-0.1, -0.05) is 0 Å². The Morgan fingerprint density at radius 3 is 2.22 bits per heavy atom. The molecule has 0 unspecified atom stereocenters. The van der Waals surface area contributed by atoms with Crippen molar-refractivity contribution < 1.29 is 9.47 Å². The first kappa shape index (κ1) is 14.5. The molecule has 1 fully saturated rings. The van der Waals surface area contributed by atoms with Gasteiger partial charge in [-0.05, 0) is 0 Å². The van der Waals surface area contributed by atoms with Crippen LogP contribution in [0.3, 0.4) is 0 Å². The molecule has 0 N–H and O–H groups in total. The minimum absolute atomic E-state index is 0.753. The summed E-state index contributed by atoms with van der Waals surface area (Å²) in [5, 5.41) is -1.45. The number of ether oxygens (including phenoxy) is 2. The van der Waals surface area contributed by atoms with Gasteiger partial charge in [-0.25, -0.2) is 0 Å². The van der Waals surface area contributed by atoms with E-state index in [-0.39, 0.29) is 0 Å². The third-order valence-corrected chi connectivity index (χ3v) is 9.51. The molecule has 1 aliphatic rings. The van der Waals surface area contributed by atoms with Gasteiger partial charge in [-0.3, -0.25) is 0 Å². The number of rotatable bonds is 3. The summed E-state index contributed by atoms with van der Waals surface area (Å²) in [7, 11) is 1.67. The summed E-state index contributed by atoms with van der Waals surface area (Å²) < 4.78 is 12.9. The van der Waals surface area contributed by atoms with Gasteiger partial charge in [-0.15, -0.1) is 0 Å². The molecule has 2 rings (SSSR count). The molecule has 1 aliphatic heterocycles. The quantitative estimate of drug-likeness (QED) is 0.662. The fourth-order valence-corrected chi connectivity index (χ4v) is 6.30. The molecule has 0 aliphatic carbocycles. The van der Waals surface area contributed by atoms with Gasteiger partial charge in [0.2, 0.25) is 0 Å². The van der Waals surface area contributed by atoms with E-state index in [9.17, 15) is 0 Å². The Bertz CT molecular complexity index is 410. The zero-order chi connectivity index (χ0) is 13.3. The van der Waals surface area contributed by atoms with Crippen molar-refractivity contribution >= 4 is 35.0 Å². The van der Waals surface area contributed by atoms with E-state index in [0.29, 0.717) is 0 Å². The normalized spacial score (nSPS) is 20.1. The van der Waals surface area contributed by atoms with Crippen molar-refractivity contribution in [2.24, 2.45) is 0 Å². The Kier molecular flexibility index (Phi) is 4.20. The minimum atomic E-state index is -2.61. The molecule has 1 heterocycles. The number of methoxy groups -OCH3 is 1. The summed E-state index contributed by atoms with van der Waals surface area (Å²) in [6, 6.07) is 8.05. The molecular weight excluding hydrogens is 285 g/mol. The summed E-state index contributed by atoms with van der Waals surface area (Å²) in [5.74, 6) is 0.856. The molecule has 0 amide bonds. The van der Waals surface area contributed by atoms with Crippen LogP contribution < -0.4 is 10.0 Å². The second-order valence-corrected chi connectivity index (χ2v) is 15.3. The van der Waals surface area contributed by atoms with E-state index in [4.69, 9.17) is 34.0 Å². The first-order chi connectivity index (χ1) is 8.42. The van der Waals surface area contributed by atoms with E-state index in [1.165, 1.54) is 0 Å². The van der Waals surface area contributed by atoms with Crippen molar-refractivity contribution in [1.82, 2.24) is 4.67 Å². The van der Waals surface area contributed by atoms with Gasteiger partial charge in [0, 0.05) is 0 Å². The van der Waals surface area contributed by atoms with Gasteiger partial charge in [0.25, 0.3) is 0 Å². The summed E-state index contributed by atoms with van der Waals surface area (Å²) in [4.78, 5) is 0. The fraction of sp³-hybridized carbons (Fsp3) is 0.500. The standard InChI is InChI=1S/C12H20NO2PS2/c1-14-11-3-5-12(6-4-11)16(2,17,18)13-7-9-15-10-8-13/h3-6,17-18H,7-10H2,1-2H3. The summed E-state index contributed by atoms with van der Waals surface area (Å²) in [5.41, 5.74) is 0. The van der Waals surface area contributed by atoms with Crippen LogP contribution in [0.1, 0.15) is 0 Å². The molecule has 102 valence electrons. The molecule has 0 bridgehead atoms. The second kappa shape index (κ2) is 5.22. The van der Waals surface area contributed by atoms with Crippen molar-refractivity contribution in [3.8, 4) is 5.75 Å². The predicted molar refractivity (Wildman–Crippen MR) is 85.8 cm³/mol. The van der Waals surface area contributed by atoms with Crippen LogP contribution in [-0.2, 0) is 4.74 Å². The molecule has 6 heteroatoms. The van der Waals surface area contributed by atoms with Gasteiger partial charge in [0.05, 0.1) is 0 Å². The average molecular weight is 305 g/mol. The van der Waals surface area contributed by atoms with Crippen LogP contribution in [0.15, 0.2) is 24.3 Å². The van der Waals surface area contributed by atoms with Crippen molar-refractivity contribution in [2.45, 2.75) is 0 Å². The first-order valence-electron chi connectivity index (χ1n) is 5.91. The molecule has 1 saturated heterocycles. The third-order valence-electron chi connectivity index (χ3n) is 3.34. The maximum atomic E-state index is 5.40. The van der Waals surface area contributed by atoms with Crippen LogP contribution in [0.2, 0.25) is 0 Å². The zero-order valence-corrected chi connectivity index (χ0v) is 13.4. The molecule has 0 atom stereocenters. The molecule has 18 heavy (non-hydrogen) atoms. The van der Waals surface area contributed by atoms with Crippen LogP contribution in [0, 0.1) is 0 Å². The number of hydrogen-bond acceptors (Lipinski definition) is 5. The SMILES string of the molecule is COc1ccc(P(C)(S)(S)N2CCOCC2)cc1. The van der Waals surface area contributed by atoms with Crippen molar-refractivity contribution in [1.29, 1.82) is 0 Å². The Balaban J connectivity index is 2.30. The topological polar surface area (TPSA) is 21.7 Å². The molecule has 1 aromatic rings.